The number of fused-ring (bicyclic) bond motifs is 2. The van der Waals surface area contributed by atoms with Crippen molar-refractivity contribution in [2.24, 2.45) is 5.92 Å². The van der Waals surface area contributed by atoms with Crippen molar-refractivity contribution < 1.29 is 0 Å². The molecule has 4 heteroatoms. The van der Waals surface area contributed by atoms with E-state index in [0.29, 0.717) is 0 Å². The zero-order valence-electron chi connectivity index (χ0n) is 10.5. The van der Waals surface area contributed by atoms with Crippen LogP contribution in [-0.4, -0.2) is 34.2 Å². The maximum atomic E-state index is 4.19. The Morgan fingerprint density at radius 3 is 3.18 bits per heavy atom. The van der Waals surface area contributed by atoms with Crippen LogP contribution in [0.4, 0.5) is 0 Å². The van der Waals surface area contributed by atoms with Gasteiger partial charge < -0.3 is 0 Å². The van der Waals surface area contributed by atoms with Crippen LogP contribution in [0.1, 0.15) is 37.4 Å². The van der Waals surface area contributed by atoms with E-state index in [1.54, 1.807) is 0 Å². The van der Waals surface area contributed by atoms with E-state index in [-0.39, 0.29) is 12.4 Å². The van der Waals surface area contributed by atoms with Crippen LogP contribution in [0.3, 0.4) is 0 Å². The quantitative estimate of drug-likeness (QED) is 0.880. The summed E-state index contributed by atoms with van der Waals surface area (Å²) < 4.78 is 0. The Labute approximate surface area is 109 Å². The lowest BCUT2D eigenvalue weighted by Gasteiger charge is -2.43. The molecule has 17 heavy (non-hydrogen) atoms. The lowest BCUT2D eigenvalue weighted by Crippen LogP contribution is -2.49. The molecule has 1 saturated heterocycles. The molecular formula is C13H22ClN3. The number of nitrogens with zero attached hydrogens (tertiary/aromatic N) is 2. The smallest absolute Gasteiger partial charge is 0.0522 e. The van der Waals surface area contributed by atoms with Crippen molar-refractivity contribution in [3.8, 4) is 0 Å². The van der Waals surface area contributed by atoms with Crippen LogP contribution in [0.5, 0.6) is 0 Å². The Morgan fingerprint density at radius 1 is 1.47 bits per heavy atom. The highest BCUT2D eigenvalue weighted by Crippen LogP contribution is 2.34. The standard InChI is InChI=1S/C13H21N3.ClH/c1-2-5-16-6-3-4-10-7-12-11(8-13(10)16)9-14-15-12;/h9-10,13H,2-8H2,1H3,(H,14,15);1H/t10?,13-;/m1./s1. The van der Waals surface area contributed by atoms with Gasteiger partial charge in [0, 0.05) is 11.7 Å². The molecule has 1 aliphatic carbocycles. The molecule has 3 rings (SSSR count). The average Bonchev–Trinajstić information content (AvgIpc) is 2.74. The first kappa shape index (κ1) is 12.9. The summed E-state index contributed by atoms with van der Waals surface area (Å²) >= 11 is 0. The lowest BCUT2D eigenvalue weighted by atomic mass is 9.77. The minimum absolute atomic E-state index is 0. The van der Waals surface area contributed by atoms with E-state index in [0.717, 1.165) is 12.0 Å². The van der Waals surface area contributed by atoms with E-state index >= 15 is 0 Å². The third-order valence-electron chi connectivity index (χ3n) is 4.25. The molecule has 0 amide bonds. The molecule has 1 fully saturated rings. The topological polar surface area (TPSA) is 31.9 Å². The van der Waals surface area contributed by atoms with Crippen LogP contribution in [-0.2, 0) is 12.8 Å². The largest absolute Gasteiger partial charge is 0.300 e. The van der Waals surface area contributed by atoms with Gasteiger partial charge in [0.1, 0.15) is 0 Å². The molecule has 1 aromatic heterocycles. The van der Waals surface area contributed by atoms with Gasteiger partial charge in [0.25, 0.3) is 0 Å². The Bertz CT molecular complexity index is 361. The first-order valence-corrected chi connectivity index (χ1v) is 6.63. The maximum absolute atomic E-state index is 4.19. The first-order chi connectivity index (χ1) is 7.88. The van der Waals surface area contributed by atoms with Gasteiger partial charge in [-0.3, -0.25) is 10.00 Å². The summed E-state index contributed by atoms with van der Waals surface area (Å²) in [6.07, 6.45) is 8.54. The van der Waals surface area contributed by atoms with Gasteiger partial charge in [-0.2, -0.15) is 5.10 Å². The van der Waals surface area contributed by atoms with Crippen LogP contribution in [0.15, 0.2) is 6.20 Å². The van der Waals surface area contributed by atoms with E-state index in [9.17, 15) is 0 Å². The summed E-state index contributed by atoms with van der Waals surface area (Å²) in [7, 11) is 0. The Morgan fingerprint density at radius 2 is 2.35 bits per heavy atom. The molecule has 96 valence electrons. The number of piperidine rings is 1. The highest BCUT2D eigenvalue weighted by atomic mass is 35.5. The Hall–Kier alpha value is -0.540. The SMILES string of the molecule is CCCN1CCCC2Cc3[nH]ncc3C[C@H]21.Cl. The molecule has 0 bridgehead atoms. The van der Waals surface area contributed by atoms with Crippen LogP contribution in [0.2, 0.25) is 0 Å². The number of rotatable bonds is 2. The van der Waals surface area contributed by atoms with Gasteiger partial charge in [0.05, 0.1) is 6.20 Å². The summed E-state index contributed by atoms with van der Waals surface area (Å²) in [5.41, 5.74) is 2.86. The number of H-pyrrole nitrogens is 1. The molecule has 1 aromatic rings. The Kier molecular flexibility index (Phi) is 4.10. The molecular weight excluding hydrogens is 234 g/mol. The molecule has 2 aliphatic rings. The molecule has 2 heterocycles. The number of hydrogen-bond donors (Lipinski definition) is 1. The van der Waals surface area contributed by atoms with Crippen molar-refractivity contribution in [1.29, 1.82) is 0 Å². The van der Waals surface area contributed by atoms with E-state index in [1.165, 1.54) is 56.5 Å². The fraction of sp³-hybridized carbons (Fsp3) is 0.769. The first-order valence-electron chi connectivity index (χ1n) is 6.63. The van der Waals surface area contributed by atoms with Crippen molar-refractivity contribution in [3.63, 3.8) is 0 Å². The number of likely N-dealkylation sites (tertiary alicyclic amines) is 1. The van der Waals surface area contributed by atoms with E-state index in [1.807, 2.05) is 6.20 Å². The van der Waals surface area contributed by atoms with Gasteiger partial charge in [-0.1, -0.05) is 6.92 Å². The van der Waals surface area contributed by atoms with Gasteiger partial charge in [-0.15, -0.1) is 12.4 Å². The predicted octanol–water partition coefficient (Wildman–Crippen LogP) is 2.42. The van der Waals surface area contributed by atoms with Gasteiger partial charge in [0.15, 0.2) is 0 Å². The van der Waals surface area contributed by atoms with E-state index in [2.05, 4.69) is 22.0 Å². The molecule has 0 aromatic carbocycles. The average molecular weight is 256 g/mol. The molecule has 2 atom stereocenters. The second-order valence-corrected chi connectivity index (χ2v) is 5.29. The van der Waals surface area contributed by atoms with Gasteiger partial charge in [0.2, 0.25) is 0 Å². The summed E-state index contributed by atoms with van der Waals surface area (Å²) in [5.74, 6) is 0.869. The van der Waals surface area contributed by atoms with Crippen molar-refractivity contribution in [2.45, 2.75) is 45.1 Å². The third kappa shape index (κ3) is 2.36. The minimum Gasteiger partial charge on any atom is -0.300 e. The zero-order chi connectivity index (χ0) is 11.0. The molecule has 0 spiro atoms. The van der Waals surface area contributed by atoms with Crippen molar-refractivity contribution in [1.82, 2.24) is 15.1 Å². The van der Waals surface area contributed by atoms with Gasteiger partial charge in [-0.05, 0) is 56.7 Å². The predicted molar refractivity (Wildman–Crippen MR) is 71.6 cm³/mol. The molecule has 3 nitrogen and oxygen atoms in total. The van der Waals surface area contributed by atoms with Crippen molar-refractivity contribution in [3.05, 3.63) is 17.5 Å². The third-order valence-corrected chi connectivity index (χ3v) is 4.25. The number of nitrogens with one attached hydrogen (secondary N) is 1. The molecule has 1 aliphatic heterocycles. The number of aromatic nitrogens is 2. The molecule has 0 saturated carbocycles. The monoisotopic (exact) mass is 255 g/mol. The summed E-state index contributed by atoms with van der Waals surface area (Å²) in [6.45, 7) is 4.87. The van der Waals surface area contributed by atoms with Crippen molar-refractivity contribution >= 4 is 12.4 Å². The zero-order valence-corrected chi connectivity index (χ0v) is 11.3. The fourth-order valence-electron chi connectivity index (χ4n) is 3.49. The van der Waals surface area contributed by atoms with Gasteiger partial charge >= 0.3 is 0 Å². The van der Waals surface area contributed by atoms with Crippen LogP contribution in [0, 0.1) is 5.92 Å². The number of halogens is 1. The summed E-state index contributed by atoms with van der Waals surface area (Å²) in [5, 5.41) is 7.36. The lowest BCUT2D eigenvalue weighted by molar-refractivity contribution is 0.0850. The Balaban J connectivity index is 0.00000108. The number of aromatic amines is 1. The van der Waals surface area contributed by atoms with E-state index in [4.69, 9.17) is 0 Å². The fourth-order valence-corrected chi connectivity index (χ4v) is 3.49. The van der Waals surface area contributed by atoms with Crippen molar-refractivity contribution in [2.75, 3.05) is 13.1 Å². The highest BCUT2D eigenvalue weighted by Gasteiger charge is 2.35. The molecule has 1 unspecified atom stereocenters. The minimum atomic E-state index is 0. The molecule has 0 radical (unpaired) electrons. The van der Waals surface area contributed by atoms with Crippen LogP contribution in [0.25, 0.3) is 0 Å². The van der Waals surface area contributed by atoms with Crippen LogP contribution < -0.4 is 0 Å². The molecule has 1 N–H and O–H groups in total. The summed E-state index contributed by atoms with van der Waals surface area (Å²) in [4.78, 5) is 2.71. The highest BCUT2D eigenvalue weighted by molar-refractivity contribution is 5.85. The van der Waals surface area contributed by atoms with Crippen LogP contribution >= 0.6 is 12.4 Å². The second-order valence-electron chi connectivity index (χ2n) is 5.29. The van der Waals surface area contributed by atoms with Gasteiger partial charge in [-0.25, -0.2) is 0 Å². The summed E-state index contributed by atoms with van der Waals surface area (Å²) in [6, 6.07) is 0.791. The second kappa shape index (κ2) is 5.40. The van der Waals surface area contributed by atoms with E-state index < -0.39 is 0 Å². The number of hydrogen-bond acceptors (Lipinski definition) is 2. The maximum Gasteiger partial charge on any atom is 0.0522 e. The normalized spacial score (nSPS) is 28.1.